The Hall–Kier alpha value is -0.800. The van der Waals surface area contributed by atoms with Gasteiger partial charge in [0.15, 0.2) is 0 Å². The number of methoxy groups -OCH3 is 2. The zero-order valence-electron chi connectivity index (χ0n) is 17.0. The first-order valence-corrected chi connectivity index (χ1v) is 10.6. The molecule has 26 heavy (non-hydrogen) atoms. The molecule has 2 saturated carbocycles. The zero-order valence-corrected chi connectivity index (χ0v) is 17.0. The fourth-order valence-electron chi connectivity index (χ4n) is 7.52. The molecule has 1 N–H and O–H groups in total. The molecule has 1 unspecified atom stereocenters. The van der Waals surface area contributed by atoms with Crippen LogP contribution in [0, 0.1) is 28.6 Å². The minimum atomic E-state index is -0.297. The van der Waals surface area contributed by atoms with Crippen molar-refractivity contribution in [2.24, 2.45) is 28.6 Å². The molecule has 146 valence electrons. The molecule has 4 aliphatic rings. The molecule has 0 saturated heterocycles. The number of hydrogen-bond acceptors (Lipinski definition) is 3. The molecule has 3 heteroatoms. The molecule has 3 nitrogen and oxygen atoms in total. The molecule has 0 aromatic rings. The van der Waals surface area contributed by atoms with Crippen molar-refractivity contribution in [2.75, 3.05) is 20.8 Å². The number of aliphatic hydroxyl groups excluding tert-OH is 1. The average molecular weight is 361 g/mol. The van der Waals surface area contributed by atoms with Crippen molar-refractivity contribution in [3.63, 3.8) is 0 Å². The molecule has 0 amide bonds. The van der Waals surface area contributed by atoms with Gasteiger partial charge in [0, 0.05) is 18.9 Å². The number of allylic oxidation sites excluding steroid dienone is 3. The fourth-order valence-corrected chi connectivity index (χ4v) is 7.52. The Kier molecular flexibility index (Phi) is 4.76. The molecule has 0 heterocycles. The van der Waals surface area contributed by atoms with Crippen molar-refractivity contribution >= 4 is 0 Å². The van der Waals surface area contributed by atoms with Crippen molar-refractivity contribution in [1.82, 2.24) is 0 Å². The Balaban J connectivity index is 1.62. The number of rotatable bonds is 4. The summed E-state index contributed by atoms with van der Waals surface area (Å²) in [5.74, 6) is 3.45. The van der Waals surface area contributed by atoms with Crippen LogP contribution >= 0.6 is 0 Å². The van der Waals surface area contributed by atoms with Gasteiger partial charge >= 0.3 is 0 Å². The van der Waals surface area contributed by atoms with E-state index >= 15 is 0 Å². The standard InChI is InChI=1S/C23H36O3/c1-15(24)23(14-25-3)12-10-21-20-7-5-16-13-17(26-4)6-8-18(16)19(20)9-11-22(21,23)2/h6,15,19-21,24H,5,7-14H2,1-4H3/t15?,19-,20-,21+,22+,23+/m1/s1. The van der Waals surface area contributed by atoms with Crippen molar-refractivity contribution in [2.45, 2.75) is 71.3 Å². The van der Waals surface area contributed by atoms with E-state index in [1.807, 2.05) is 6.92 Å². The third-order valence-corrected chi connectivity index (χ3v) is 8.95. The summed E-state index contributed by atoms with van der Waals surface area (Å²) in [6, 6.07) is 0. The number of fused-ring (bicyclic) bond motifs is 4. The number of hydrogen-bond donors (Lipinski definition) is 1. The molecule has 4 rings (SSSR count). The van der Waals surface area contributed by atoms with Gasteiger partial charge in [-0.2, -0.15) is 0 Å². The van der Waals surface area contributed by atoms with E-state index in [1.165, 1.54) is 32.1 Å². The lowest BCUT2D eigenvalue weighted by molar-refractivity contribution is -0.126. The van der Waals surface area contributed by atoms with E-state index in [0.29, 0.717) is 6.61 Å². The van der Waals surface area contributed by atoms with Gasteiger partial charge in [-0.3, -0.25) is 0 Å². The van der Waals surface area contributed by atoms with E-state index in [4.69, 9.17) is 9.47 Å². The second-order valence-corrected chi connectivity index (χ2v) is 9.56. The molecule has 2 fully saturated rings. The van der Waals surface area contributed by atoms with E-state index in [9.17, 15) is 5.11 Å². The van der Waals surface area contributed by atoms with E-state index in [0.717, 1.165) is 42.8 Å². The summed E-state index contributed by atoms with van der Waals surface area (Å²) in [6.45, 7) is 5.17. The summed E-state index contributed by atoms with van der Waals surface area (Å²) >= 11 is 0. The van der Waals surface area contributed by atoms with Gasteiger partial charge in [0.1, 0.15) is 0 Å². The summed E-state index contributed by atoms with van der Waals surface area (Å²) in [7, 11) is 3.60. The fraction of sp³-hybridized carbons (Fsp3) is 0.826. The number of ether oxygens (including phenoxy) is 2. The van der Waals surface area contributed by atoms with Gasteiger partial charge in [-0.15, -0.1) is 0 Å². The molecule has 6 atom stereocenters. The molecular formula is C23H36O3. The van der Waals surface area contributed by atoms with Gasteiger partial charge in [-0.1, -0.05) is 18.1 Å². The average Bonchev–Trinajstić information content (AvgIpc) is 2.95. The Morgan fingerprint density at radius 2 is 2.04 bits per heavy atom. The Morgan fingerprint density at radius 1 is 1.23 bits per heavy atom. The summed E-state index contributed by atoms with van der Waals surface area (Å²) in [4.78, 5) is 0. The van der Waals surface area contributed by atoms with E-state index in [-0.39, 0.29) is 16.9 Å². The highest BCUT2D eigenvalue weighted by Gasteiger charge is 2.63. The maximum Gasteiger partial charge on any atom is 0.0959 e. The predicted molar refractivity (Wildman–Crippen MR) is 104 cm³/mol. The maximum atomic E-state index is 10.8. The van der Waals surface area contributed by atoms with Crippen LogP contribution in [-0.4, -0.2) is 32.0 Å². The predicted octanol–water partition coefficient (Wildman–Crippen LogP) is 4.86. The maximum absolute atomic E-state index is 10.8. The molecule has 0 radical (unpaired) electrons. The smallest absolute Gasteiger partial charge is 0.0959 e. The number of aliphatic hydroxyl groups is 1. The molecule has 4 aliphatic carbocycles. The van der Waals surface area contributed by atoms with Crippen LogP contribution in [0.1, 0.15) is 65.2 Å². The van der Waals surface area contributed by atoms with Crippen LogP contribution in [-0.2, 0) is 9.47 Å². The third-order valence-electron chi connectivity index (χ3n) is 8.95. The third kappa shape index (κ3) is 2.46. The second-order valence-electron chi connectivity index (χ2n) is 9.56. The molecule has 0 aliphatic heterocycles. The van der Waals surface area contributed by atoms with Gasteiger partial charge < -0.3 is 14.6 Å². The zero-order chi connectivity index (χ0) is 18.5. The van der Waals surface area contributed by atoms with Crippen LogP contribution in [0.15, 0.2) is 23.0 Å². The van der Waals surface area contributed by atoms with Crippen molar-refractivity contribution in [3.8, 4) is 0 Å². The molecule has 0 aromatic carbocycles. The first-order chi connectivity index (χ1) is 12.5. The van der Waals surface area contributed by atoms with Crippen molar-refractivity contribution < 1.29 is 14.6 Å². The lowest BCUT2D eigenvalue weighted by Crippen LogP contribution is -2.53. The van der Waals surface area contributed by atoms with Crippen LogP contribution in [0.3, 0.4) is 0 Å². The van der Waals surface area contributed by atoms with Crippen LogP contribution < -0.4 is 0 Å². The van der Waals surface area contributed by atoms with Crippen LogP contribution in [0.2, 0.25) is 0 Å². The normalized spacial score (nSPS) is 43.3. The van der Waals surface area contributed by atoms with Gasteiger partial charge in [0.2, 0.25) is 0 Å². The van der Waals surface area contributed by atoms with Crippen LogP contribution in [0.25, 0.3) is 0 Å². The summed E-state index contributed by atoms with van der Waals surface area (Å²) in [5.41, 5.74) is 3.55. The van der Waals surface area contributed by atoms with Crippen LogP contribution in [0.4, 0.5) is 0 Å². The minimum Gasteiger partial charge on any atom is -0.501 e. The van der Waals surface area contributed by atoms with Crippen molar-refractivity contribution in [1.29, 1.82) is 0 Å². The lowest BCUT2D eigenvalue weighted by atomic mass is 9.49. The Labute approximate surface area is 158 Å². The topological polar surface area (TPSA) is 38.7 Å². The minimum absolute atomic E-state index is 0.0677. The SMILES string of the molecule is COC[C@]1(C(C)O)CC[C@H]2[C@@H]3CCC4=C(CC=C(OC)C4)[C@H]3CC[C@@]21C. The highest BCUT2D eigenvalue weighted by molar-refractivity contribution is 5.33. The summed E-state index contributed by atoms with van der Waals surface area (Å²) in [6.07, 6.45) is 11.6. The van der Waals surface area contributed by atoms with Gasteiger partial charge in [-0.25, -0.2) is 0 Å². The largest absolute Gasteiger partial charge is 0.501 e. The van der Waals surface area contributed by atoms with Crippen LogP contribution in [0.5, 0.6) is 0 Å². The first kappa shape index (κ1) is 18.6. The van der Waals surface area contributed by atoms with Crippen molar-refractivity contribution in [3.05, 3.63) is 23.0 Å². The Morgan fingerprint density at radius 3 is 2.73 bits per heavy atom. The second kappa shape index (κ2) is 6.67. The molecule has 0 aromatic heterocycles. The summed E-state index contributed by atoms with van der Waals surface area (Å²) in [5, 5.41) is 10.8. The highest BCUT2D eigenvalue weighted by Crippen LogP contribution is 2.68. The van der Waals surface area contributed by atoms with E-state index in [1.54, 1.807) is 25.4 Å². The molecular weight excluding hydrogens is 324 g/mol. The Bertz CT molecular complexity index is 619. The highest BCUT2D eigenvalue weighted by atomic mass is 16.5. The van der Waals surface area contributed by atoms with Gasteiger partial charge in [-0.05, 0) is 81.1 Å². The molecule has 0 bridgehead atoms. The van der Waals surface area contributed by atoms with Gasteiger partial charge in [0.05, 0.1) is 25.6 Å². The first-order valence-electron chi connectivity index (χ1n) is 10.6. The quantitative estimate of drug-likeness (QED) is 0.728. The lowest BCUT2D eigenvalue weighted by Gasteiger charge is -2.56. The van der Waals surface area contributed by atoms with E-state index in [2.05, 4.69) is 13.0 Å². The monoisotopic (exact) mass is 360 g/mol. The van der Waals surface area contributed by atoms with E-state index < -0.39 is 0 Å². The summed E-state index contributed by atoms with van der Waals surface area (Å²) < 4.78 is 11.2. The molecule has 0 spiro atoms. The van der Waals surface area contributed by atoms with Gasteiger partial charge in [0.25, 0.3) is 0 Å².